The lowest BCUT2D eigenvalue weighted by atomic mass is 10.0. The first kappa shape index (κ1) is 16.7. The topological polar surface area (TPSA) is 81.4 Å². The Morgan fingerprint density at radius 3 is 2.44 bits per heavy atom. The Morgan fingerprint density at radius 2 is 1.84 bits per heavy atom. The summed E-state index contributed by atoms with van der Waals surface area (Å²) in [6, 6.07) is 11.1. The summed E-state index contributed by atoms with van der Waals surface area (Å²) in [5, 5.41) is 8.46. The highest BCUT2D eigenvalue weighted by molar-refractivity contribution is 6.06. The van der Waals surface area contributed by atoms with Crippen molar-refractivity contribution in [3.05, 3.63) is 59.0 Å². The van der Waals surface area contributed by atoms with Crippen LogP contribution in [0.15, 0.2) is 40.9 Å². The third-order valence-corrected chi connectivity index (χ3v) is 4.08. The van der Waals surface area contributed by atoms with E-state index in [9.17, 15) is 9.59 Å². The van der Waals surface area contributed by atoms with Gasteiger partial charge >= 0.3 is 5.97 Å². The minimum absolute atomic E-state index is 0.120. The molecule has 3 aromatic rings. The van der Waals surface area contributed by atoms with Gasteiger partial charge in [-0.05, 0) is 36.8 Å². The first-order valence-electron chi connectivity index (χ1n) is 7.82. The van der Waals surface area contributed by atoms with E-state index in [2.05, 4.69) is 10.5 Å². The Morgan fingerprint density at radius 1 is 1.16 bits per heavy atom. The van der Waals surface area contributed by atoms with Gasteiger partial charge in [0.05, 0.1) is 30.5 Å². The zero-order valence-corrected chi connectivity index (χ0v) is 14.3. The second kappa shape index (κ2) is 6.76. The minimum Gasteiger partial charge on any atom is -0.465 e. The Labute approximate surface area is 144 Å². The van der Waals surface area contributed by atoms with Gasteiger partial charge in [0, 0.05) is 5.56 Å². The van der Waals surface area contributed by atoms with Crippen molar-refractivity contribution < 1.29 is 18.8 Å². The molecule has 2 aromatic carbocycles. The second-order valence-corrected chi connectivity index (χ2v) is 5.76. The minimum atomic E-state index is -0.501. The van der Waals surface area contributed by atoms with E-state index in [1.807, 2.05) is 24.3 Å². The molecular weight excluding hydrogens is 320 g/mol. The molecule has 6 heteroatoms. The van der Waals surface area contributed by atoms with Crippen molar-refractivity contribution in [3.63, 3.8) is 0 Å². The fraction of sp³-hybridized carbons (Fsp3) is 0.211. The summed E-state index contributed by atoms with van der Waals surface area (Å²) in [6.07, 6.45) is 0.120. The SMILES string of the molecule is COC(=O)c1cc2ccccc2cc1NC(=O)Cc1c(C)noc1C. The lowest BCUT2D eigenvalue weighted by molar-refractivity contribution is -0.115. The molecule has 0 fully saturated rings. The number of rotatable bonds is 4. The summed E-state index contributed by atoms with van der Waals surface area (Å²) in [7, 11) is 1.31. The van der Waals surface area contributed by atoms with Gasteiger partial charge < -0.3 is 14.6 Å². The number of methoxy groups -OCH3 is 1. The third kappa shape index (κ3) is 3.38. The normalized spacial score (nSPS) is 10.7. The molecule has 6 nitrogen and oxygen atoms in total. The number of carbonyl (C=O) groups is 2. The van der Waals surface area contributed by atoms with Gasteiger partial charge in [-0.25, -0.2) is 4.79 Å². The number of carbonyl (C=O) groups excluding carboxylic acids is 2. The van der Waals surface area contributed by atoms with E-state index in [-0.39, 0.29) is 12.3 Å². The quantitative estimate of drug-likeness (QED) is 0.737. The average Bonchev–Trinajstić information content (AvgIpc) is 2.92. The first-order chi connectivity index (χ1) is 12.0. The molecule has 0 spiro atoms. The smallest absolute Gasteiger partial charge is 0.339 e. The number of esters is 1. The van der Waals surface area contributed by atoms with Crippen molar-refractivity contribution in [3.8, 4) is 0 Å². The maximum atomic E-state index is 12.5. The largest absolute Gasteiger partial charge is 0.465 e. The molecule has 0 aliphatic heterocycles. The van der Waals surface area contributed by atoms with Gasteiger partial charge in [0.25, 0.3) is 0 Å². The molecule has 0 saturated carbocycles. The lowest BCUT2D eigenvalue weighted by Crippen LogP contribution is -2.18. The molecule has 0 radical (unpaired) electrons. The van der Waals surface area contributed by atoms with Crippen LogP contribution in [0.1, 0.15) is 27.4 Å². The molecule has 0 aliphatic carbocycles. The number of aryl methyl sites for hydroxylation is 2. The van der Waals surface area contributed by atoms with Crippen LogP contribution in [0, 0.1) is 13.8 Å². The number of hydrogen-bond donors (Lipinski definition) is 1. The molecule has 1 aromatic heterocycles. The number of nitrogens with one attached hydrogen (secondary N) is 1. The summed E-state index contributed by atoms with van der Waals surface area (Å²) < 4.78 is 9.92. The summed E-state index contributed by atoms with van der Waals surface area (Å²) >= 11 is 0. The Balaban J connectivity index is 1.93. The summed E-state index contributed by atoms with van der Waals surface area (Å²) in [6.45, 7) is 3.55. The molecule has 0 bridgehead atoms. The fourth-order valence-electron chi connectivity index (χ4n) is 2.73. The maximum Gasteiger partial charge on any atom is 0.339 e. The van der Waals surface area contributed by atoms with Gasteiger partial charge in [-0.2, -0.15) is 0 Å². The van der Waals surface area contributed by atoms with Gasteiger partial charge in [-0.15, -0.1) is 0 Å². The van der Waals surface area contributed by atoms with Crippen molar-refractivity contribution in [2.45, 2.75) is 20.3 Å². The van der Waals surface area contributed by atoms with Gasteiger partial charge in [0.15, 0.2) is 0 Å². The predicted octanol–water partition coefficient (Wildman–Crippen LogP) is 3.41. The van der Waals surface area contributed by atoms with Crippen molar-refractivity contribution in [1.29, 1.82) is 0 Å². The van der Waals surface area contributed by atoms with Gasteiger partial charge in [0.1, 0.15) is 5.76 Å². The second-order valence-electron chi connectivity index (χ2n) is 5.76. The van der Waals surface area contributed by atoms with Crippen LogP contribution in [-0.2, 0) is 16.0 Å². The highest BCUT2D eigenvalue weighted by Crippen LogP contribution is 2.25. The number of anilines is 1. The van der Waals surface area contributed by atoms with E-state index in [0.29, 0.717) is 22.7 Å². The van der Waals surface area contributed by atoms with Crippen LogP contribution in [0.2, 0.25) is 0 Å². The molecule has 1 heterocycles. The van der Waals surface area contributed by atoms with E-state index >= 15 is 0 Å². The van der Waals surface area contributed by atoms with Crippen LogP contribution in [0.25, 0.3) is 10.8 Å². The molecule has 1 amide bonds. The van der Waals surface area contributed by atoms with Crippen LogP contribution in [0.5, 0.6) is 0 Å². The van der Waals surface area contributed by atoms with Crippen LogP contribution in [0.4, 0.5) is 5.69 Å². The Hall–Kier alpha value is -3.15. The molecule has 128 valence electrons. The molecule has 3 rings (SSSR count). The van der Waals surface area contributed by atoms with Crippen molar-refractivity contribution in [1.82, 2.24) is 5.16 Å². The summed E-state index contributed by atoms with van der Waals surface area (Å²) in [4.78, 5) is 24.5. The molecule has 25 heavy (non-hydrogen) atoms. The van der Waals surface area contributed by atoms with E-state index in [4.69, 9.17) is 9.26 Å². The van der Waals surface area contributed by atoms with Gasteiger partial charge in [0.2, 0.25) is 5.91 Å². The average molecular weight is 338 g/mol. The van der Waals surface area contributed by atoms with E-state index < -0.39 is 5.97 Å². The molecular formula is C19H18N2O4. The van der Waals surface area contributed by atoms with E-state index in [1.165, 1.54) is 7.11 Å². The molecule has 0 unspecified atom stereocenters. The third-order valence-electron chi connectivity index (χ3n) is 4.08. The zero-order chi connectivity index (χ0) is 18.0. The molecule has 1 N–H and O–H groups in total. The number of nitrogens with zero attached hydrogens (tertiary/aromatic N) is 1. The lowest BCUT2D eigenvalue weighted by Gasteiger charge is -2.11. The predicted molar refractivity (Wildman–Crippen MR) is 93.6 cm³/mol. The van der Waals surface area contributed by atoms with Crippen LogP contribution in [-0.4, -0.2) is 24.1 Å². The first-order valence-corrected chi connectivity index (χ1v) is 7.82. The Bertz CT molecular complexity index is 940. The highest BCUT2D eigenvalue weighted by atomic mass is 16.5. The maximum absolute atomic E-state index is 12.5. The van der Waals surface area contributed by atoms with E-state index in [0.717, 1.165) is 16.3 Å². The molecule has 0 atom stereocenters. The van der Waals surface area contributed by atoms with E-state index in [1.54, 1.807) is 26.0 Å². The standard InChI is InChI=1S/C19H18N2O4/c1-11-15(12(2)25-21-11)10-18(22)20-17-9-14-7-5-4-6-13(14)8-16(17)19(23)24-3/h4-9H,10H2,1-3H3,(H,20,22). The van der Waals surface area contributed by atoms with Crippen molar-refractivity contribution in [2.24, 2.45) is 0 Å². The van der Waals surface area contributed by atoms with Crippen LogP contribution >= 0.6 is 0 Å². The summed E-state index contributed by atoms with van der Waals surface area (Å²) in [5.41, 5.74) is 2.16. The summed E-state index contributed by atoms with van der Waals surface area (Å²) in [5.74, 6) is -0.146. The van der Waals surface area contributed by atoms with Crippen molar-refractivity contribution in [2.75, 3.05) is 12.4 Å². The number of ether oxygens (including phenoxy) is 1. The van der Waals surface area contributed by atoms with Gasteiger partial charge in [-0.3, -0.25) is 4.79 Å². The van der Waals surface area contributed by atoms with Crippen molar-refractivity contribution >= 4 is 28.3 Å². The zero-order valence-electron chi connectivity index (χ0n) is 14.3. The number of amides is 1. The van der Waals surface area contributed by atoms with Gasteiger partial charge in [-0.1, -0.05) is 29.4 Å². The van der Waals surface area contributed by atoms with Crippen LogP contribution in [0.3, 0.4) is 0 Å². The Kier molecular flexibility index (Phi) is 4.52. The number of aromatic nitrogens is 1. The number of hydrogen-bond acceptors (Lipinski definition) is 5. The highest BCUT2D eigenvalue weighted by Gasteiger charge is 2.18. The molecule has 0 aliphatic rings. The molecule has 0 saturated heterocycles. The fourth-order valence-corrected chi connectivity index (χ4v) is 2.73. The number of fused-ring (bicyclic) bond motifs is 1. The monoisotopic (exact) mass is 338 g/mol. The number of benzene rings is 2. The van der Waals surface area contributed by atoms with Crippen LogP contribution < -0.4 is 5.32 Å².